The van der Waals surface area contributed by atoms with Gasteiger partial charge in [0.1, 0.15) is 6.23 Å². The van der Waals surface area contributed by atoms with E-state index < -0.39 is 6.23 Å². The van der Waals surface area contributed by atoms with Crippen molar-refractivity contribution in [3.63, 3.8) is 0 Å². The zero-order chi connectivity index (χ0) is 10.9. The van der Waals surface area contributed by atoms with E-state index >= 15 is 0 Å². The number of thioether (sulfide) groups is 1. The van der Waals surface area contributed by atoms with Gasteiger partial charge in [-0.15, -0.1) is 11.8 Å². The molecule has 1 aliphatic rings. The molecule has 0 spiro atoms. The number of aliphatic hydroxyl groups excluding tert-OH is 1. The highest BCUT2D eigenvalue weighted by Crippen LogP contribution is 2.31. The highest BCUT2D eigenvalue weighted by atomic mass is 32.2. The lowest BCUT2D eigenvalue weighted by Gasteiger charge is -2.24. The van der Waals surface area contributed by atoms with Crippen LogP contribution in [0.15, 0.2) is 0 Å². The van der Waals surface area contributed by atoms with Crippen LogP contribution in [-0.4, -0.2) is 38.7 Å². The summed E-state index contributed by atoms with van der Waals surface area (Å²) in [5.74, 6) is 0.0891. The quantitative estimate of drug-likeness (QED) is 0.778. The van der Waals surface area contributed by atoms with E-state index in [4.69, 9.17) is 0 Å². The summed E-state index contributed by atoms with van der Waals surface area (Å²) in [6, 6.07) is 0.0928. The fourth-order valence-electron chi connectivity index (χ4n) is 1.76. The number of rotatable bonds is 3. The summed E-state index contributed by atoms with van der Waals surface area (Å²) in [7, 11) is 0. The fraction of sp³-hybridized carbons (Fsp3) is 0.900. The lowest BCUT2D eigenvalue weighted by Crippen LogP contribution is -2.39. The molecule has 0 aliphatic carbocycles. The van der Waals surface area contributed by atoms with Crippen molar-refractivity contribution in [3.8, 4) is 0 Å². The molecule has 0 bridgehead atoms. The van der Waals surface area contributed by atoms with Gasteiger partial charge < -0.3 is 10.0 Å². The Morgan fingerprint density at radius 2 is 2.00 bits per heavy atom. The third-order valence-corrected chi connectivity index (χ3v) is 3.54. The van der Waals surface area contributed by atoms with Gasteiger partial charge in [-0.05, 0) is 19.1 Å². The Kier molecular flexibility index (Phi) is 3.84. The summed E-state index contributed by atoms with van der Waals surface area (Å²) < 4.78 is 0. The van der Waals surface area contributed by atoms with Crippen molar-refractivity contribution < 1.29 is 9.90 Å². The summed E-state index contributed by atoms with van der Waals surface area (Å²) in [6.07, 6.45) is -0.0152. The van der Waals surface area contributed by atoms with Gasteiger partial charge >= 0.3 is 0 Å². The van der Waals surface area contributed by atoms with Crippen molar-refractivity contribution in [1.29, 1.82) is 0 Å². The van der Waals surface area contributed by atoms with Gasteiger partial charge in [0.25, 0.3) is 0 Å². The second-order valence-corrected chi connectivity index (χ2v) is 6.01. The molecule has 1 N–H and O–H groups in total. The number of nitrogens with zero attached hydrogens (tertiary/aromatic N) is 1. The minimum atomic E-state index is -0.584. The van der Waals surface area contributed by atoms with Crippen LogP contribution in [0.5, 0.6) is 0 Å². The minimum absolute atomic E-state index is 0.0487. The molecule has 14 heavy (non-hydrogen) atoms. The molecule has 1 amide bonds. The van der Waals surface area contributed by atoms with Gasteiger partial charge in [-0.1, -0.05) is 13.8 Å². The molecule has 0 aromatic heterocycles. The Hall–Kier alpha value is -0.220. The zero-order valence-electron chi connectivity index (χ0n) is 9.23. The summed E-state index contributed by atoms with van der Waals surface area (Å²) in [5.41, 5.74) is 0. The molecule has 0 saturated carbocycles. The average molecular weight is 217 g/mol. The van der Waals surface area contributed by atoms with Crippen LogP contribution in [0.4, 0.5) is 0 Å². The number of carbonyl (C=O) groups is 1. The van der Waals surface area contributed by atoms with Crippen LogP contribution in [0.2, 0.25) is 0 Å². The number of hydrogen-bond acceptors (Lipinski definition) is 3. The first-order valence-corrected chi connectivity index (χ1v) is 6.03. The molecule has 1 aliphatic heterocycles. The zero-order valence-corrected chi connectivity index (χ0v) is 10.0. The maximum absolute atomic E-state index is 11.8. The lowest BCUT2D eigenvalue weighted by molar-refractivity contribution is -0.135. The van der Waals surface area contributed by atoms with Crippen LogP contribution < -0.4 is 0 Å². The first-order chi connectivity index (χ1) is 6.43. The van der Waals surface area contributed by atoms with E-state index in [2.05, 4.69) is 13.8 Å². The van der Waals surface area contributed by atoms with Crippen LogP contribution in [0, 0.1) is 0 Å². The van der Waals surface area contributed by atoms with E-state index in [1.54, 1.807) is 16.7 Å². The van der Waals surface area contributed by atoms with Gasteiger partial charge in [-0.2, -0.15) is 0 Å². The monoisotopic (exact) mass is 217 g/mol. The fourth-order valence-corrected chi connectivity index (χ4v) is 2.94. The Labute approximate surface area is 89.9 Å². The van der Waals surface area contributed by atoms with Crippen LogP contribution >= 0.6 is 11.8 Å². The van der Waals surface area contributed by atoms with Gasteiger partial charge in [-0.25, -0.2) is 0 Å². The standard InChI is InChI=1S/C10H19NO2S/c1-6(2)11-9(12)5-8(10(11)13)14-7(3)4/h6-9,12H,5H2,1-4H3. The topological polar surface area (TPSA) is 40.5 Å². The van der Waals surface area contributed by atoms with E-state index in [1.807, 2.05) is 13.8 Å². The lowest BCUT2D eigenvalue weighted by atomic mass is 10.3. The molecule has 0 aromatic carbocycles. The second kappa shape index (κ2) is 4.53. The van der Waals surface area contributed by atoms with Gasteiger partial charge in [0.2, 0.25) is 5.91 Å². The maximum Gasteiger partial charge on any atom is 0.238 e. The van der Waals surface area contributed by atoms with Crippen molar-refractivity contribution in [1.82, 2.24) is 4.90 Å². The Morgan fingerprint density at radius 3 is 2.36 bits per heavy atom. The van der Waals surface area contributed by atoms with Gasteiger partial charge in [-0.3, -0.25) is 4.79 Å². The first kappa shape index (κ1) is 11.9. The summed E-state index contributed by atoms with van der Waals surface area (Å²) >= 11 is 1.64. The number of amides is 1. The number of carbonyl (C=O) groups excluding carboxylic acids is 1. The Bertz CT molecular complexity index is 218. The number of hydrogen-bond donors (Lipinski definition) is 1. The molecule has 4 heteroatoms. The van der Waals surface area contributed by atoms with E-state index in [-0.39, 0.29) is 17.2 Å². The van der Waals surface area contributed by atoms with Gasteiger partial charge in [0, 0.05) is 12.5 Å². The van der Waals surface area contributed by atoms with Crippen LogP contribution in [0.3, 0.4) is 0 Å². The molecule has 0 aromatic rings. The maximum atomic E-state index is 11.8. The largest absolute Gasteiger partial charge is 0.373 e. The van der Waals surface area contributed by atoms with E-state index in [1.165, 1.54) is 0 Å². The predicted octanol–water partition coefficient (Wildman–Crippen LogP) is 1.46. The predicted molar refractivity (Wildman–Crippen MR) is 59.1 cm³/mol. The SMILES string of the molecule is CC(C)SC1CC(O)N(C(C)C)C1=O. The number of aliphatic hydroxyl groups is 1. The third kappa shape index (κ3) is 2.42. The molecule has 2 unspecified atom stereocenters. The molecule has 1 heterocycles. The van der Waals surface area contributed by atoms with Crippen LogP contribution in [-0.2, 0) is 4.79 Å². The first-order valence-electron chi connectivity index (χ1n) is 5.09. The average Bonchev–Trinajstić information content (AvgIpc) is 2.25. The van der Waals surface area contributed by atoms with Crippen molar-refractivity contribution in [2.24, 2.45) is 0 Å². The molecule has 1 fully saturated rings. The molecule has 2 atom stereocenters. The third-order valence-electron chi connectivity index (χ3n) is 2.27. The van der Waals surface area contributed by atoms with Gasteiger partial charge in [0.05, 0.1) is 5.25 Å². The molecule has 0 radical (unpaired) electrons. The molecular weight excluding hydrogens is 198 g/mol. The van der Waals surface area contributed by atoms with E-state index in [0.717, 1.165) is 0 Å². The van der Waals surface area contributed by atoms with Crippen molar-refractivity contribution in [2.75, 3.05) is 0 Å². The highest BCUT2D eigenvalue weighted by Gasteiger charge is 2.40. The molecular formula is C10H19NO2S. The normalized spacial score (nSPS) is 28.2. The molecule has 3 nitrogen and oxygen atoms in total. The molecule has 82 valence electrons. The number of likely N-dealkylation sites (tertiary alicyclic amines) is 1. The van der Waals surface area contributed by atoms with Crippen molar-refractivity contribution in [3.05, 3.63) is 0 Å². The van der Waals surface area contributed by atoms with Crippen molar-refractivity contribution >= 4 is 17.7 Å². The minimum Gasteiger partial charge on any atom is -0.373 e. The smallest absolute Gasteiger partial charge is 0.238 e. The second-order valence-electron chi connectivity index (χ2n) is 4.23. The van der Waals surface area contributed by atoms with Crippen molar-refractivity contribution in [2.45, 2.75) is 56.9 Å². The van der Waals surface area contributed by atoms with E-state index in [0.29, 0.717) is 11.7 Å². The van der Waals surface area contributed by atoms with Crippen LogP contribution in [0.25, 0.3) is 0 Å². The summed E-state index contributed by atoms with van der Waals surface area (Å²) in [5, 5.41) is 10.1. The van der Waals surface area contributed by atoms with Crippen LogP contribution in [0.1, 0.15) is 34.1 Å². The Morgan fingerprint density at radius 1 is 1.43 bits per heavy atom. The summed E-state index contributed by atoms with van der Waals surface area (Å²) in [6.45, 7) is 8.01. The Balaban J connectivity index is 2.64. The van der Waals surface area contributed by atoms with E-state index in [9.17, 15) is 9.90 Å². The molecule has 1 rings (SSSR count). The van der Waals surface area contributed by atoms with Gasteiger partial charge in [0.15, 0.2) is 0 Å². The summed E-state index contributed by atoms with van der Waals surface area (Å²) in [4.78, 5) is 13.4. The highest BCUT2D eigenvalue weighted by molar-refractivity contribution is 8.01. The molecule has 1 saturated heterocycles.